The number of methoxy groups -OCH3 is 1. The number of carbonyl (C=O) groups excluding carboxylic acids is 3. The fraction of sp³-hybridized carbons (Fsp3) is 0.167. The molecule has 0 spiro atoms. The maximum Gasteiger partial charge on any atom is 0.335 e. The van der Waals surface area contributed by atoms with Crippen molar-refractivity contribution in [2.24, 2.45) is 0 Å². The molecule has 7 nitrogen and oxygen atoms in total. The van der Waals surface area contributed by atoms with Crippen LogP contribution in [0, 0.1) is 11.3 Å². The summed E-state index contributed by atoms with van der Waals surface area (Å²) in [5.74, 6) is -1.08. The third kappa shape index (κ3) is 2.24. The number of ether oxygens (including phenoxy) is 1. The minimum Gasteiger partial charge on any atom is -0.495 e. The first-order valence-electron chi connectivity index (χ1n) is 5.31. The largest absolute Gasteiger partial charge is 0.495 e. The van der Waals surface area contributed by atoms with Crippen molar-refractivity contribution in [2.75, 3.05) is 12.0 Å². The molecule has 0 saturated carbocycles. The summed E-state index contributed by atoms with van der Waals surface area (Å²) in [4.78, 5) is 35.3. The number of nitrogens with one attached hydrogen (secondary N) is 1. The van der Waals surface area contributed by atoms with Gasteiger partial charge in [0.15, 0.2) is 0 Å². The maximum absolute atomic E-state index is 11.8. The lowest BCUT2D eigenvalue weighted by Gasteiger charge is -2.26. The van der Waals surface area contributed by atoms with E-state index in [1.54, 1.807) is 0 Å². The molecule has 1 fully saturated rings. The zero-order chi connectivity index (χ0) is 14.0. The number of carbonyl (C=O) groups is 3. The highest BCUT2D eigenvalue weighted by Crippen LogP contribution is 2.30. The fourth-order valence-electron chi connectivity index (χ4n) is 1.72. The highest BCUT2D eigenvalue weighted by Gasteiger charge is 2.33. The number of nitrogens with zero attached hydrogens (tertiary/aromatic N) is 2. The summed E-state index contributed by atoms with van der Waals surface area (Å²) in [5.41, 5.74) is 0.526. The molecule has 0 aromatic heterocycles. The molecule has 19 heavy (non-hydrogen) atoms. The lowest BCUT2D eigenvalue weighted by atomic mass is 10.1. The molecule has 1 aromatic rings. The normalized spacial score (nSPS) is 14.9. The summed E-state index contributed by atoms with van der Waals surface area (Å²) in [7, 11) is 1.36. The predicted molar refractivity (Wildman–Crippen MR) is 63.4 cm³/mol. The minimum absolute atomic E-state index is 0.191. The number of hydrogen-bond donors (Lipinski definition) is 1. The van der Waals surface area contributed by atoms with E-state index in [9.17, 15) is 14.4 Å². The van der Waals surface area contributed by atoms with Crippen molar-refractivity contribution in [1.82, 2.24) is 5.32 Å². The number of imide groups is 2. The number of nitriles is 1. The third-order valence-corrected chi connectivity index (χ3v) is 2.56. The van der Waals surface area contributed by atoms with Crippen LogP contribution in [-0.2, 0) is 9.59 Å². The van der Waals surface area contributed by atoms with Gasteiger partial charge in [-0.3, -0.25) is 14.9 Å². The molecule has 2 rings (SSSR count). The van der Waals surface area contributed by atoms with Gasteiger partial charge in [0.05, 0.1) is 24.4 Å². The molecule has 1 saturated heterocycles. The summed E-state index contributed by atoms with van der Waals surface area (Å²) in [6, 6.07) is 5.38. The highest BCUT2D eigenvalue weighted by atomic mass is 16.5. The molecule has 0 atom stereocenters. The van der Waals surface area contributed by atoms with Gasteiger partial charge in [0.25, 0.3) is 0 Å². The number of barbiturate groups is 1. The SMILES string of the molecule is COc1cc(C#N)ccc1N1C(=O)CC(=O)NC1=O. The number of rotatable bonds is 2. The van der Waals surface area contributed by atoms with Gasteiger partial charge in [0, 0.05) is 6.07 Å². The molecule has 0 unspecified atom stereocenters. The van der Waals surface area contributed by atoms with E-state index in [0.717, 1.165) is 4.90 Å². The van der Waals surface area contributed by atoms with Crippen LogP contribution in [-0.4, -0.2) is 25.0 Å². The Bertz CT molecular complexity index is 598. The first-order chi connectivity index (χ1) is 9.06. The molecule has 1 heterocycles. The molecule has 0 aliphatic carbocycles. The van der Waals surface area contributed by atoms with Crippen molar-refractivity contribution < 1.29 is 19.1 Å². The Morgan fingerprint density at radius 2 is 2.11 bits per heavy atom. The van der Waals surface area contributed by atoms with Crippen LogP contribution in [0.15, 0.2) is 18.2 Å². The van der Waals surface area contributed by atoms with Crippen LogP contribution in [0.3, 0.4) is 0 Å². The standard InChI is InChI=1S/C12H9N3O4/c1-19-9-4-7(6-13)2-3-8(9)15-11(17)5-10(16)14-12(15)18/h2-4H,5H2,1H3,(H,14,16,18). The summed E-state index contributed by atoms with van der Waals surface area (Å²) in [6.45, 7) is 0. The first kappa shape index (κ1) is 12.6. The van der Waals surface area contributed by atoms with Gasteiger partial charge in [-0.2, -0.15) is 5.26 Å². The van der Waals surface area contributed by atoms with Gasteiger partial charge < -0.3 is 4.74 Å². The molecular weight excluding hydrogens is 250 g/mol. The summed E-state index contributed by atoms with van der Waals surface area (Å²) in [6.07, 6.45) is -0.408. The topological polar surface area (TPSA) is 99.5 Å². The van der Waals surface area contributed by atoms with Gasteiger partial charge in [0.2, 0.25) is 11.8 Å². The zero-order valence-corrected chi connectivity index (χ0v) is 9.97. The van der Waals surface area contributed by atoms with Crippen LogP contribution in [0.4, 0.5) is 10.5 Å². The zero-order valence-electron chi connectivity index (χ0n) is 9.97. The van der Waals surface area contributed by atoms with E-state index in [4.69, 9.17) is 10.00 Å². The second-order valence-corrected chi connectivity index (χ2v) is 3.76. The van der Waals surface area contributed by atoms with Gasteiger partial charge in [0.1, 0.15) is 12.2 Å². The van der Waals surface area contributed by atoms with Gasteiger partial charge in [-0.25, -0.2) is 9.69 Å². The summed E-state index contributed by atoms with van der Waals surface area (Å²) in [5, 5.41) is 10.8. The Labute approximate surface area is 108 Å². The van der Waals surface area contributed by atoms with Crippen LogP contribution in [0.1, 0.15) is 12.0 Å². The van der Waals surface area contributed by atoms with Crippen LogP contribution >= 0.6 is 0 Å². The smallest absolute Gasteiger partial charge is 0.335 e. The number of amides is 4. The average Bonchev–Trinajstić information content (AvgIpc) is 2.37. The quantitative estimate of drug-likeness (QED) is 0.781. The Morgan fingerprint density at radius 3 is 2.68 bits per heavy atom. The van der Waals surface area contributed by atoms with Crippen LogP contribution < -0.4 is 15.0 Å². The number of urea groups is 1. The molecule has 1 aliphatic heterocycles. The Hall–Kier alpha value is -2.88. The monoisotopic (exact) mass is 259 g/mol. The molecule has 0 radical (unpaired) electrons. The number of anilines is 1. The van der Waals surface area contributed by atoms with E-state index in [0.29, 0.717) is 5.56 Å². The Balaban J connectivity index is 2.46. The average molecular weight is 259 g/mol. The van der Waals surface area contributed by atoms with Gasteiger partial charge >= 0.3 is 6.03 Å². The fourth-order valence-corrected chi connectivity index (χ4v) is 1.72. The van der Waals surface area contributed by atoms with E-state index in [1.165, 1.54) is 25.3 Å². The number of benzene rings is 1. The lowest BCUT2D eigenvalue weighted by Crippen LogP contribution is -2.53. The van der Waals surface area contributed by atoms with Crippen molar-refractivity contribution >= 4 is 23.5 Å². The van der Waals surface area contributed by atoms with Gasteiger partial charge in [-0.1, -0.05) is 0 Å². The molecule has 4 amide bonds. The Kier molecular flexibility index (Phi) is 3.16. The van der Waals surface area contributed by atoms with Crippen molar-refractivity contribution in [2.45, 2.75) is 6.42 Å². The molecule has 1 N–H and O–H groups in total. The van der Waals surface area contributed by atoms with E-state index >= 15 is 0 Å². The highest BCUT2D eigenvalue weighted by molar-refractivity contribution is 6.26. The molecule has 1 aromatic carbocycles. The second-order valence-electron chi connectivity index (χ2n) is 3.76. The third-order valence-electron chi connectivity index (χ3n) is 2.56. The predicted octanol–water partition coefficient (Wildman–Crippen LogP) is 0.540. The first-order valence-corrected chi connectivity index (χ1v) is 5.31. The minimum atomic E-state index is -0.829. The Morgan fingerprint density at radius 1 is 1.37 bits per heavy atom. The molecule has 1 aliphatic rings. The van der Waals surface area contributed by atoms with Gasteiger partial charge in [-0.15, -0.1) is 0 Å². The van der Waals surface area contributed by atoms with Crippen LogP contribution in [0.2, 0.25) is 0 Å². The summed E-state index contributed by atoms with van der Waals surface area (Å²) >= 11 is 0. The van der Waals surface area contributed by atoms with Crippen LogP contribution in [0.5, 0.6) is 5.75 Å². The molecule has 7 heteroatoms. The van der Waals surface area contributed by atoms with Crippen molar-refractivity contribution in [3.8, 4) is 11.8 Å². The van der Waals surface area contributed by atoms with Crippen molar-refractivity contribution in [3.63, 3.8) is 0 Å². The van der Waals surface area contributed by atoms with Gasteiger partial charge in [-0.05, 0) is 12.1 Å². The van der Waals surface area contributed by atoms with Crippen molar-refractivity contribution in [1.29, 1.82) is 5.26 Å². The van der Waals surface area contributed by atoms with Crippen molar-refractivity contribution in [3.05, 3.63) is 23.8 Å². The van der Waals surface area contributed by atoms with E-state index in [2.05, 4.69) is 0 Å². The number of hydrogen-bond acceptors (Lipinski definition) is 5. The lowest BCUT2D eigenvalue weighted by molar-refractivity contribution is -0.128. The molecule has 0 bridgehead atoms. The van der Waals surface area contributed by atoms with E-state index < -0.39 is 24.3 Å². The molecule has 96 valence electrons. The van der Waals surface area contributed by atoms with Crippen LogP contribution in [0.25, 0.3) is 0 Å². The second kappa shape index (κ2) is 4.78. The van der Waals surface area contributed by atoms with E-state index in [-0.39, 0.29) is 11.4 Å². The summed E-state index contributed by atoms with van der Waals surface area (Å²) < 4.78 is 5.05. The van der Waals surface area contributed by atoms with E-state index in [1.807, 2.05) is 11.4 Å². The molecular formula is C12H9N3O4. The maximum atomic E-state index is 11.8.